The summed E-state index contributed by atoms with van der Waals surface area (Å²) < 4.78 is 16.3. The van der Waals surface area contributed by atoms with Crippen molar-refractivity contribution in [2.75, 3.05) is 6.61 Å². The molecule has 0 fully saturated rings. The summed E-state index contributed by atoms with van der Waals surface area (Å²) in [7, 11) is 0. The molecule has 0 saturated heterocycles. The molecule has 0 aliphatic heterocycles. The Labute approximate surface area is 197 Å². The molecule has 1 aromatic rings. The molecule has 2 N–H and O–H groups in total. The predicted octanol–water partition coefficient (Wildman–Crippen LogP) is 4.15. The van der Waals surface area contributed by atoms with Gasteiger partial charge in [0.1, 0.15) is 29.0 Å². The molecule has 8 nitrogen and oxygen atoms in total. The molecule has 0 radical (unpaired) electrons. The van der Waals surface area contributed by atoms with Crippen LogP contribution in [0, 0.1) is 0 Å². The average Bonchev–Trinajstić information content (AvgIpc) is 2.66. The van der Waals surface area contributed by atoms with E-state index in [-0.39, 0.29) is 6.42 Å². The molecule has 8 heteroatoms. The van der Waals surface area contributed by atoms with Gasteiger partial charge in [-0.2, -0.15) is 0 Å². The van der Waals surface area contributed by atoms with Crippen LogP contribution in [-0.4, -0.2) is 47.9 Å². The van der Waals surface area contributed by atoms with Crippen LogP contribution in [0.5, 0.6) is 5.75 Å². The van der Waals surface area contributed by atoms with E-state index in [1.54, 1.807) is 48.5 Å². The second kappa shape index (κ2) is 12.5. The first-order valence-electron chi connectivity index (χ1n) is 11.4. The van der Waals surface area contributed by atoms with Crippen molar-refractivity contribution in [2.24, 2.45) is 0 Å². The first-order chi connectivity index (χ1) is 15.2. The molecule has 0 heterocycles. The van der Waals surface area contributed by atoms with E-state index in [1.165, 1.54) is 0 Å². The second-order valence-electron chi connectivity index (χ2n) is 10.0. The predicted molar refractivity (Wildman–Crippen MR) is 127 cm³/mol. The van der Waals surface area contributed by atoms with Gasteiger partial charge in [-0.3, -0.25) is 4.79 Å². The SMILES string of the molecule is CCCCOc1ccc(C[C@H](NC(=O)OC(C)(C)C)C(=O)N[C@@H](C)C(=O)OC(C)(C)C)cc1. The van der Waals surface area contributed by atoms with Crippen LogP contribution in [-0.2, 0) is 25.5 Å². The first-order valence-corrected chi connectivity index (χ1v) is 11.4. The number of carbonyl (C=O) groups is 3. The van der Waals surface area contributed by atoms with Crippen molar-refractivity contribution in [3.05, 3.63) is 29.8 Å². The van der Waals surface area contributed by atoms with Crippen LogP contribution in [0.2, 0.25) is 0 Å². The van der Waals surface area contributed by atoms with Crippen molar-refractivity contribution in [1.29, 1.82) is 0 Å². The van der Waals surface area contributed by atoms with E-state index < -0.39 is 41.3 Å². The number of hydrogen-bond donors (Lipinski definition) is 2. The molecule has 0 spiro atoms. The Morgan fingerprint density at radius 2 is 1.48 bits per heavy atom. The maximum absolute atomic E-state index is 13.0. The molecule has 0 saturated carbocycles. The number of alkyl carbamates (subject to hydrolysis) is 1. The summed E-state index contributed by atoms with van der Waals surface area (Å²) in [6, 6.07) is 5.52. The Hall–Kier alpha value is -2.77. The molecule has 0 aliphatic carbocycles. The summed E-state index contributed by atoms with van der Waals surface area (Å²) >= 11 is 0. The van der Waals surface area contributed by atoms with Gasteiger partial charge in [-0.05, 0) is 72.6 Å². The van der Waals surface area contributed by atoms with Gasteiger partial charge in [-0.15, -0.1) is 0 Å². The Balaban J connectivity index is 2.91. The fourth-order valence-corrected chi connectivity index (χ4v) is 2.71. The minimum absolute atomic E-state index is 0.210. The topological polar surface area (TPSA) is 103 Å². The van der Waals surface area contributed by atoms with Gasteiger partial charge in [-0.25, -0.2) is 9.59 Å². The molecule has 0 unspecified atom stereocenters. The minimum atomic E-state index is -0.948. The van der Waals surface area contributed by atoms with Gasteiger partial charge in [0.05, 0.1) is 6.61 Å². The Kier molecular flexibility index (Phi) is 10.7. The van der Waals surface area contributed by atoms with Crippen molar-refractivity contribution >= 4 is 18.0 Å². The van der Waals surface area contributed by atoms with Crippen molar-refractivity contribution < 1.29 is 28.6 Å². The number of esters is 1. The van der Waals surface area contributed by atoms with Gasteiger partial charge >= 0.3 is 12.1 Å². The molecule has 33 heavy (non-hydrogen) atoms. The summed E-state index contributed by atoms with van der Waals surface area (Å²) in [4.78, 5) is 37.6. The standard InChI is InChI=1S/C25H40N2O6/c1-9-10-15-31-19-13-11-18(12-14-19)16-20(27-23(30)33-25(6,7)8)21(28)26-17(2)22(29)32-24(3,4)5/h11-14,17,20H,9-10,15-16H2,1-8H3,(H,26,28)(H,27,30)/t17-,20-/m0/s1. The third-order valence-corrected chi connectivity index (χ3v) is 4.26. The summed E-state index contributed by atoms with van der Waals surface area (Å²) in [6.45, 7) is 14.8. The van der Waals surface area contributed by atoms with Gasteiger partial charge in [0.2, 0.25) is 5.91 Å². The number of nitrogens with one attached hydrogen (secondary N) is 2. The molecule has 0 aliphatic rings. The normalized spacial score (nSPS) is 13.5. The van der Waals surface area contributed by atoms with Crippen LogP contribution in [0.1, 0.15) is 73.8 Å². The van der Waals surface area contributed by atoms with Gasteiger partial charge in [-0.1, -0.05) is 25.5 Å². The number of benzene rings is 1. The van der Waals surface area contributed by atoms with Crippen LogP contribution in [0.25, 0.3) is 0 Å². The molecule has 186 valence electrons. The third-order valence-electron chi connectivity index (χ3n) is 4.26. The molecule has 2 atom stereocenters. The van der Waals surface area contributed by atoms with Crippen molar-refractivity contribution in [3.8, 4) is 5.75 Å². The van der Waals surface area contributed by atoms with E-state index in [2.05, 4.69) is 17.6 Å². The minimum Gasteiger partial charge on any atom is -0.494 e. The summed E-state index contributed by atoms with van der Waals surface area (Å²) in [6.07, 6.45) is 1.51. The number of hydrogen-bond acceptors (Lipinski definition) is 6. The van der Waals surface area contributed by atoms with E-state index in [0.717, 1.165) is 24.2 Å². The maximum Gasteiger partial charge on any atom is 0.408 e. The van der Waals surface area contributed by atoms with Crippen molar-refractivity contribution in [3.63, 3.8) is 0 Å². The molecular weight excluding hydrogens is 424 g/mol. The molecular formula is C25H40N2O6. The monoisotopic (exact) mass is 464 g/mol. The summed E-state index contributed by atoms with van der Waals surface area (Å²) in [5.74, 6) is -0.324. The van der Waals surface area contributed by atoms with Crippen LogP contribution in [0.4, 0.5) is 4.79 Å². The van der Waals surface area contributed by atoms with E-state index >= 15 is 0 Å². The lowest BCUT2D eigenvalue weighted by Gasteiger charge is -2.26. The van der Waals surface area contributed by atoms with Crippen molar-refractivity contribution in [2.45, 2.75) is 97.9 Å². The van der Waals surface area contributed by atoms with Gasteiger partial charge < -0.3 is 24.8 Å². The zero-order chi connectivity index (χ0) is 25.2. The molecule has 1 aromatic carbocycles. The van der Waals surface area contributed by atoms with Crippen LogP contribution < -0.4 is 15.4 Å². The zero-order valence-electron chi connectivity index (χ0n) is 21.2. The zero-order valence-corrected chi connectivity index (χ0v) is 21.2. The molecule has 0 bridgehead atoms. The van der Waals surface area contributed by atoms with E-state index in [1.807, 2.05) is 24.3 Å². The highest BCUT2D eigenvalue weighted by Gasteiger charge is 2.29. The Morgan fingerprint density at radius 3 is 2.00 bits per heavy atom. The highest BCUT2D eigenvalue weighted by Crippen LogP contribution is 2.15. The first kappa shape index (κ1) is 28.3. The lowest BCUT2D eigenvalue weighted by molar-refractivity contribution is -0.158. The lowest BCUT2D eigenvalue weighted by atomic mass is 10.0. The number of unbranched alkanes of at least 4 members (excludes halogenated alkanes) is 1. The smallest absolute Gasteiger partial charge is 0.408 e. The van der Waals surface area contributed by atoms with Gasteiger partial charge in [0, 0.05) is 6.42 Å². The van der Waals surface area contributed by atoms with Crippen LogP contribution in [0.15, 0.2) is 24.3 Å². The van der Waals surface area contributed by atoms with E-state index in [9.17, 15) is 14.4 Å². The Morgan fingerprint density at radius 1 is 0.909 bits per heavy atom. The highest BCUT2D eigenvalue weighted by molar-refractivity contribution is 5.89. The largest absolute Gasteiger partial charge is 0.494 e. The van der Waals surface area contributed by atoms with Gasteiger partial charge in [0.15, 0.2) is 0 Å². The average molecular weight is 465 g/mol. The summed E-state index contributed by atoms with van der Waals surface area (Å²) in [5.41, 5.74) is -0.573. The van der Waals surface area contributed by atoms with Crippen molar-refractivity contribution in [1.82, 2.24) is 10.6 Å². The molecule has 2 amide bonds. The number of ether oxygens (including phenoxy) is 3. The number of rotatable bonds is 10. The van der Waals surface area contributed by atoms with Crippen LogP contribution >= 0.6 is 0 Å². The van der Waals surface area contributed by atoms with E-state index in [4.69, 9.17) is 14.2 Å². The third kappa shape index (κ3) is 12.2. The quantitative estimate of drug-likeness (QED) is 0.398. The molecule has 0 aromatic heterocycles. The van der Waals surface area contributed by atoms with E-state index in [0.29, 0.717) is 6.61 Å². The van der Waals surface area contributed by atoms with Gasteiger partial charge in [0.25, 0.3) is 0 Å². The lowest BCUT2D eigenvalue weighted by Crippen LogP contribution is -2.53. The van der Waals surface area contributed by atoms with Crippen LogP contribution in [0.3, 0.4) is 0 Å². The second-order valence-corrected chi connectivity index (χ2v) is 10.0. The molecule has 1 rings (SSSR count). The number of amides is 2. The fraction of sp³-hybridized carbons (Fsp3) is 0.640. The fourth-order valence-electron chi connectivity index (χ4n) is 2.71. The highest BCUT2D eigenvalue weighted by atomic mass is 16.6. The maximum atomic E-state index is 13.0. The number of carbonyl (C=O) groups excluding carboxylic acids is 3. The summed E-state index contributed by atoms with van der Waals surface area (Å²) in [5, 5.41) is 5.24. The Bertz CT molecular complexity index is 778.